The van der Waals surface area contributed by atoms with E-state index in [1.165, 1.54) is 7.11 Å². The van der Waals surface area contributed by atoms with E-state index in [0.29, 0.717) is 54.9 Å². The lowest BCUT2D eigenvalue weighted by Gasteiger charge is -2.36. The van der Waals surface area contributed by atoms with Crippen molar-refractivity contribution in [2.24, 2.45) is 0 Å². The molecule has 0 bridgehead atoms. The van der Waals surface area contributed by atoms with E-state index in [1.54, 1.807) is 29.2 Å². The molecule has 0 unspecified atom stereocenters. The molecule has 0 spiro atoms. The van der Waals surface area contributed by atoms with E-state index in [4.69, 9.17) is 21.1 Å². The molecule has 1 aliphatic rings. The van der Waals surface area contributed by atoms with E-state index >= 15 is 0 Å². The zero-order valence-corrected chi connectivity index (χ0v) is 16.9. The van der Waals surface area contributed by atoms with Gasteiger partial charge in [0.25, 0.3) is 5.91 Å². The maximum atomic E-state index is 13.0. The third-order valence-corrected chi connectivity index (χ3v) is 4.97. The minimum absolute atomic E-state index is 0.0854. The van der Waals surface area contributed by atoms with Crippen molar-refractivity contribution >= 4 is 23.2 Å². The van der Waals surface area contributed by atoms with Gasteiger partial charge in [-0.15, -0.1) is 0 Å². The number of hydrogen-bond donors (Lipinski definition) is 1. The largest absolute Gasteiger partial charge is 0.508 e. The number of phenolic OH excluding ortho intramolecular Hbond substituents is 1. The maximum Gasteiger partial charge on any atom is 0.254 e. The molecule has 1 fully saturated rings. The van der Waals surface area contributed by atoms with Crippen molar-refractivity contribution < 1.29 is 19.4 Å². The first-order valence-corrected chi connectivity index (χ1v) is 9.75. The quantitative estimate of drug-likeness (QED) is 0.793. The van der Waals surface area contributed by atoms with Gasteiger partial charge in [-0.25, -0.2) is 0 Å². The van der Waals surface area contributed by atoms with Gasteiger partial charge in [-0.1, -0.05) is 24.6 Å². The SMILES string of the molecule is CCCOc1c(Cl)cc(C(=O)N2CCN(c3cccc(O)c3)CC2)cc1OC. The standard InChI is InChI=1S/C21H25ClN2O4/c1-3-11-28-20-18(22)12-15(13-19(20)27-2)21(26)24-9-7-23(8-10-24)16-5-4-6-17(25)14-16/h4-6,12-14,25H,3,7-11H2,1-2H3. The normalized spacial score (nSPS) is 14.1. The molecule has 0 saturated carbocycles. The Bertz CT molecular complexity index is 835. The number of rotatable bonds is 6. The monoisotopic (exact) mass is 404 g/mol. The Morgan fingerprint density at radius 3 is 2.57 bits per heavy atom. The van der Waals surface area contributed by atoms with Crippen molar-refractivity contribution in [3.63, 3.8) is 0 Å². The van der Waals surface area contributed by atoms with Crippen LogP contribution >= 0.6 is 11.6 Å². The lowest BCUT2D eigenvalue weighted by atomic mass is 10.1. The Hall–Kier alpha value is -2.60. The number of anilines is 1. The summed E-state index contributed by atoms with van der Waals surface area (Å²) in [4.78, 5) is 16.9. The number of ether oxygens (including phenoxy) is 2. The lowest BCUT2D eigenvalue weighted by molar-refractivity contribution is 0.0746. The Kier molecular flexibility index (Phi) is 6.52. The van der Waals surface area contributed by atoms with Crippen LogP contribution in [0.4, 0.5) is 5.69 Å². The molecule has 7 heteroatoms. The third-order valence-electron chi connectivity index (χ3n) is 4.69. The van der Waals surface area contributed by atoms with Crippen LogP contribution in [0.5, 0.6) is 17.2 Å². The van der Waals surface area contributed by atoms with Crippen LogP contribution < -0.4 is 14.4 Å². The second-order valence-electron chi connectivity index (χ2n) is 6.64. The summed E-state index contributed by atoms with van der Waals surface area (Å²) < 4.78 is 11.0. The van der Waals surface area contributed by atoms with Gasteiger partial charge in [-0.3, -0.25) is 4.79 Å². The maximum absolute atomic E-state index is 13.0. The fourth-order valence-electron chi connectivity index (χ4n) is 3.23. The first-order chi connectivity index (χ1) is 13.5. The van der Waals surface area contributed by atoms with Gasteiger partial charge < -0.3 is 24.4 Å². The Morgan fingerprint density at radius 2 is 1.93 bits per heavy atom. The Balaban J connectivity index is 1.70. The molecular formula is C21H25ClN2O4. The van der Waals surface area contributed by atoms with Crippen LogP contribution in [-0.2, 0) is 0 Å². The smallest absolute Gasteiger partial charge is 0.254 e. The average molecular weight is 405 g/mol. The van der Waals surface area contributed by atoms with E-state index in [9.17, 15) is 9.90 Å². The number of carbonyl (C=O) groups excluding carboxylic acids is 1. The van der Waals surface area contributed by atoms with Crippen molar-refractivity contribution in [1.82, 2.24) is 4.90 Å². The molecule has 0 aromatic heterocycles. The van der Waals surface area contributed by atoms with Crippen LogP contribution in [0.3, 0.4) is 0 Å². The summed E-state index contributed by atoms with van der Waals surface area (Å²) in [7, 11) is 1.53. The number of phenols is 1. The van der Waals surface area contributed by atoms with Crippen LogP contribution in [0.15, 0.2) is 36.4 Å². The highest BCUT2D eigenvalue weighted by molar-refractivity contribution is 6.32. The highest BCUT2D eigenvalue weighted by Crippen LogP contribution is 2.37. The summed E-state index contributed by atoms with van der Waals surface area (Å²) in [5.74, 6) is 1.08. The topological polar surface area (TPSA) is 62.2 Å². The van der Waals surface area contributed by atoms with E-state index in [2.05, 4.69) is 4.90 Å². The average Bonchev–Trinajstić information content (AvgIpc) is 2.72. The summed E-state index contributed by atoms with van der Waals surface area (Å²) in [6, 6.07) is 10.5. The summed E-state index contributed by atoms with van der Waals surface area (Å²) in [6.07, 6.45) is 0.851. The molecule has 0 aliphatic carbocycles. The molecule has 0 radical (unpaired) electrons. The molecule has 1 heterocycles. The van der Waals surface area contributed by atoms with E-state index < -0.39 is 0 Å². The van der Waals surface area contributed by atoms with Crippen molar-refractivity contribution in [2.75, 3.05) is 44.8 Å². The van der Waals surface area contributed by atoms with Crippen molar-refractivity contribution in [1.29, 1.82) is 0 Å². The fourth-order valence-corrected chi connectivity index (χ4v) is 3.49. The van der Waals surface area contributed by atoms with Gasteiger partial charge in [0, 0.05) is 43.5 Å². The Labute approximate surface area is 170 Å². The molecule has 1 aliphatic heterocycles. The molecule has 150 valence electrons. The molecule has 6 nitrogen and oxygen atoms in total. The van der Waals surface area contributed by atoms with Gasteiger partial charge in [0.2, 0.25) is 0 Å². The number of piperazine rings is 1. The molecule has 3 rings (SSSR count). The van der Waals surface area contributed by atoms with Crippen LogP contribution in [-0.4, -0.2) is 55.8 Å². The van der Waals surface area contributed by atoms with Gasteiger partial charge >= 0.3 is 0 Å². The van der Waals surface area contributed by atoms with E-state index in [1.807, 2.05) is 19.1 Å². The fraction of sp³-hybridized carbons (Fsp3) is 0.381. The van der Waals surface area contributed by atoms with Gasteiger partial charge in [-0.2, -0.15) is 0 Å². The van der Waals surface area contributed by atoms with Crippen molar-refractivity contribution in [2.45, 2.75) is 13.3 Å². The number of halogens is 1. The minimum Gasteiger partial charge on any atom is -0.508 e. The number of hydrogen-bond acceptors (Lipinski definition) is 5. The third kappa shape index (κ3) is 4.44. The number of amides is 1. The molecule has 28 heavy (non-hydrogen) atoms. The molecule has 2 aromatic rings. The van der Waals surface area contributed by atoms with E-state index in [-0.39, 0.29) is 11.7 Å². The first-order valence-electron chi connectivity index (χ1n) is 9.37. The van der Waals surface area contributed by atoms with Gasteiger partial charge in [-0.05, 0) is 30.7 Å². The number of aromatic hydroxyl groups is 1. The molecule has 1 amide bonds. The predicted octanol–water partition coefficient (Wildman–Crippen LogP) is 3.81. The minimum atomic E-state index is -0.0854. The van der Waals surface area contributed by atoms with Gasteiger partial charge in [0.05, 0.1) is 18.7 Å². The summed E-state index contributed by atoms with van der Waals surface area (Å²) in [6.45, 7) is 5.09. The highest BCUT2D eigenvalue weighted by atomic mass is 35.5. The summed E-state index contributed by atoms with van der Waals surface area (Å²) in [5, 5.41) is 10.0. The predicted molar refractivity (Wildman–Crippen MR) is 110 cm³/mol. The molecule has 0 atom stereocenters. The molecular weight excluding hydrogens is 380 g/mol. The second kappa shape index (κ2) is 9.06. The van der Waals surface area contributed by atoms with Gasteiger partial charge in [0.1, 0.15) is 5.75 Å². The lowest BCUT2D eigenvalue weighted by Crippen LogP contribution is -2.48. The van der Waals surface area contributed by atoms with E-state index in [0.717, 1.165) is 12.1 Å². The summed E-state index contributed by atoms with van der Waals surface area (Å²) in [5.41, 5.74) is 1.44. The van der Waals surface area contributed by atoms with Crippen LogP contribution in [0, 0.1) is 0 Å². The zero-order valence-electron chi connectivity index (χ0n) is 16.2. The zero-order chi connectivity index (χ0) is 20.1. The number of carbonyl (C=O) groups is 1. The van der Waals surface area contributed by atoms with Crippen LogP contribution in [0.2, 0.25) is 5.02 Å². The molecule has 1 N–H and O–H groups in total. The number of benzene rings is 2. The van der Waals surface area contributed by atoms with Crippen LogP contribution in [0.25, 0.3) is 0 Å². The second-order valence-corrected chi connectivity index (χ2v) is 7.04. The van der Waals surface area contributed by atoms with Crippen LogP contribution in [0.1, 0.15) is 23.7 Å². The Morgan fingerprint density at radius 1 is 1.18 bits per heavy atom. The summed E-state index contributed by atoms with van der Waals surface area (Å²) >= 11 is 6.34. The number of nitrogens with zero attached hydrogens (tertiary/aromatic N) is 2. The first kappa shape index (κ1) is 20.1. The molecule has 1 saturated heterocycles. The van der Waals surface area contributed by atoms with Crippen molar-refractivity contribution in [3.8, 4) is 17.2 Å². The van der Waals surface area contributed by atoms with Gasteiger partial charge in [0.15, 0.2) is 11.5 Å². The van der Waals surface area contributed by atoms with Crippen molar-refractivity contribution in [3.05, 3.63) is 47.0 Å². The highest BCUT2D eigenvalue weighted by Gasteiger charge is 2.24. The molecule has 2 aromatic carbocycles. The number of methoxy groups -OCH3 is 1.